The number of para-hydroxylation sites is 2. The number of hydrogen-bond acceptors (Lipinski definition) is 2. The topological polar surface area (TPSA) is 25.1 Å². The van der Waals surface area contributed by atoms with Gasteiger partial charge in [0.05, 0.1) is 27.8 Å². The molecular weight excluding hydrogens is 825 g/mol. The van der Waals surface area contributed by atoms with Crippen LogP contribution >= 0.6 is 0 Å². The van der Waals surface area contributed by atoms with E-state index in [1.54, 1.807) is 0 Å². The first-order valence-electron chi connectivity index (χ1n) is 23.6. The number of nitrogens with one attached hydrogen (secondary N) is 1. The Hall–Kier alpha value is -8.70. The Balaban J connectivity index is 0.876. The van der Waals surface area contributed by atoms with Crippen LogP contribution < -0.4 is 10.2 Å². The summed E-state index contributed by atoms with van der Waals surface area (Å²) in [6.45, 7) is 0. The molecule has 1 aliphatic rings. The van der Waals surface area contributed by atoms with Gasteiger partial charge in [-0.15, -0.1) is 0 Å². The lowest BCUT2D eigenvalue weighted by Gasteiger charge is -2.52. The Morgan fingerprint density at radius 2 is 0.809 bits per heavy atom. The number of hydrogen-bond donors (Lipinski definition) is 1. The molecule has 0 radical (unpaired) electrons. The first-order valence-corrected chi connectivity index (χ1v) is 23.6. The molecule has 0 bridgehead atoms. The Kier molecular flexibility index (Phi) is 8.76. The lowest BCUT2D eigenvalue weighted by Crippen LogP contribution is -2.57. The van der Waals surface area contributed by atoms with E-state index in [2.05, 4.69) is 268 Å². The molecule has 13 aromatic rings. The van der Waals surface area contributed by atoms with Gasteiger partial charge in [0.2, 0.25) is 0 Å². The Morgan fingerprint density at radius 1 is 0.279 bits per heavy atom. The van der Waals surface area contributed by atoms with Gasteiger partial charge in [-0.2, -0.15) is 0 Å². The highest BCUT2D eigenvalue weighted by molar-refractivity contribution is 6.17. The predicted octanol–water partition coefficient (Wildman–Crippen LogP) is 16.3. The van der Waals surface area contributed by atoms with Gasteiger partial charge in [0.15, 0.2) is 0 Å². The molecule has 0 aliphatic carbocycles. The first kappa shape index (κ1) is 38.6. The average Bonchev–Trinajstić information content (AvgIpc) is 3.89. The second-order valence-electron chi connectivity index (χ2n) is 18.2. The second-order valence-corrected chi connectivity index (χ2v) is 18.2. The Bertz CT molecular complexity index is 4070. The molecule has 320 valence electrons. The zero-order valence-electron chi connectivity index (χ0n) is 37.2. The lowest BCUT2D eigenvalue weighted by molar-refractivity contribution is 0.276. The summed E-state index contributed by atoms with van der Waals surface area (Å²) in [5.41, 5.74) is 15.6. The lowest BCUT2D eigenvalue weighted by atomic mass is 9.96. The van der Waals surface area contributed by atoms with Crippen LogP contribution in [-0.4, -0.2) is 9.13 Å². The van der Waals surface area contributed by atoms with E-state index in [0.717, 1.165) is 5.69 Å². The van der Waals surface area contributed by atoms with Crippen LogP contribution in [0, 0.1) is 0 Å². The maximum absolute atomic E-state index is 4.00. The van der Waals surface area contributed by atoms with Crippen molar-refractivity contribution in [3.63, 3.8) is 0 Å². The van der Waals surface area contributed by atoms with E-state index >= 15 is 0 Å². The van der Waals surface area contributed by atoms with Crippen molar-refractivity contribution in [1.82, 2.24) is 14.5 Å². The van der Waals surface area contributed by atoms with Crippen molar-refractivity contribution < 1.29 is 0 Å². The minimum atomic E-state index is -0.0280. The summed E-state index contributed by atoms with van der Waals surface area (Å²) in [6.07, 6.45) is -0.0356. The zero-order valence-corrected chi connectivity index (χ0v) is 37.2. The van der Waals surface area contributed by atoms with Gasteiger partial charge in [0.1, 0.15) is 12.3 Å². The van der Waals surface area contributed by atoms with Crippen molar-refractivity contribution in [2.75, 3.05) is 4.90 Å². The molecule has 2 unspecified atom stereocenters. The quantitative estimate of drug-likeness (QED) is 0.173. The molecule has 11 aromatic carbocycles. The third kappa shape index (κ3) is 6.12. The third-order valence-corrected chi connectivity index (χ3v) is 14.3. The van der Waals surface area contributed by atoms with Crippen molar-refractivity contribution in [3.05, 3.63) is 260 Å². The van der Waals surface area contributed by atoms with Crippen LogP contribution in [-0.2, 0) is 0 Å². The third-order valence-electron chi connectivity index (χ3n) is 14.3. The van der Waals surface area contributed by atoms with E-state index < -0.39 is 0 Å². The highest BCUT2D eigenvalue weighted by Gasteiger charge is 2.40. The Labute approximate surface area is 394 Å². The van der Waals surface area contributed by atoms with Crippen LogP contribution in [0.3, 0.4) is 0 Å². The van der Waals surface area contributed by atoms with Gasteiger partial charge in [-0.1, -0.05) is 176 Å². The number of nitrogens with zero attached hydrogens (tertiary/aromatic N) is 3. The van der Waals surface area contributed by atoms with Gasteiger partial charge in [0, 0.05) is 38.3 Å². The van der Waals surface area contributed by atoms with Crippen LogP contribution in [0.2, 0.25) is 0 Å². The van der Waals surface area contributed by atoms with E-state index in [-0.39, 0.29) is 12.3 Å². The summed E-state index contributed by atoms with van der Waals surface area (Å²) < 4.78 is 4.92. The molecule has 0 amide bonds. The summed E-state index contributed by atoms with van der Waals surface area (Å²) in [4.78, 5) is 2.54. The highest BCUT2D eigenvalue weighted by Crippen LogP contribution is 2.45. The SMILES string of the molecule is c1ccc(-c2cccc(C3NC(c4ccc(-n5c6ccccc6c6cc7c(-n8c9ccccc9c9cc%10ccccc%10cc98)cccc7cc65)cc4)N3c3cccc(-c4ccccc4)c3)c2)cc1. The molecule has 14 rings (SSSR count). The molecular formula is C64H44N4. The number of rotatable bonds is 7. The van der Waals surface area contributed by atoms with Gasteiger partial charge in [-0.25, -0.2) is 0 Å². The number of anilines is 1. The number of benzene rings is 11. The maximum atomic E-state index is 4.00. The minimum Gasteiger partial charge on any atom is -0.332 e. The van der Waals surface area contributed by atoms with Crippen LogP contribution in [0.25, 0.3) is 98.8 Å². The monoisotopic (exact) mass is 868 g/mol. The van der Waals surface area contributed by atoms with Crippen molar-refractivity contribution in [2.24, 2.45) is 0 Å². The van der Waals surface area contributed by atoms with E-state index in [1.165, 1.54) is 110 Å². The van der Waals surface area contributed by atoms with Crippen LogP contribution in [0.15, 0.2) is 249 Å². The summed E-state index contributed by atoms with van der Waals surface area (Å²) in [6, 6.07) is 91.2. The van der Waals surface area contributed by atoms with E-state index in [1.807, 2.05) is 0 Å². The van der Waals surface area contributed by atoms with E-state index in [9.17, 15) is 0 Å². The molecule has 1 aliphatic heterocycles. The summed E-state index contributed by atoms with van der Waals surface area (Å²) in [7, 11) is 0. The molecule has 4 nitrogen and oxygen atoms in total. The molecule has 1 N–H and O–H groups in total. The fourth-order valence-electron chi connectivity index (χ4n) is 11.1. The fraction of sp³-hybridized carbons (Fsp3) is 0.0312. The normalized spacial score (nSPS) is 15.0. The van der Waals surface area contributed by atoms with Crippen LogP contribution in [0.1, 0.15) is 23.5 Å². The average molecular weight is 869 g/mol. The number of aromatic nitrogens is 2. The molecule has 1 fully saturated rings. The predicted molar refractivity (Wildman–Crippen MR) is 285 cm³/mol. The Morgan fingerprint density at radius 3 is 1.54 bits per heavy atom. The fourth-order valence-corrected chi connectivity index (χ4v) is 11.1. The summed E-state index contributed by atoms with van der Waals surface area (Å²) >= 11 is 0. The molecule has 1 saturated heterocycles. The smallest absolute Gasteiger partial charge is 0.109 e. The molecule has 2 atom stereocenters. The molecule has 0 saturated carbocycles. The van der Waals surface area contributed by atoms with E-state index in [0.29, 0.717) is 0 Å². The van der Waals surface area contributed by atoms with Gasteiger partial charge in [-0.05, 0) is 122 Å². The summed E-state index contributed by atoms with van der Waals surface area (Å²) in [5.74, 6) is 0. The second kappa shape index (κ2) is 15.5. The van der Waals surface area contributed by atoms with Crippen molar-refractivity contribution in [1.29, 1.82) is 0 Å². The highest BCUT2D eigenvalue weighted by atomic mass is 15.5. The van der Waals surface area contributed by atoms with Gasteiger partial charge >= 0.3 is 0 Å². The minimum absolute atomic E-state index is 0.00765. The van der Waals surface area contributed by atoms with Gasteiger partial charge in [-0.3, -0.25) is 5.32 Å². The maximum Gasteiger partial charge on any atom is 0.109 e. The largest absolute Gasteiger partial charge is 0.332 e. The van der Waals surface area contributed by atoms with Gasteiger partial charge < -0.3 is 14.0 Å². The van der Waals surface area contributed by atoms with Gasteiger partial charge in [0.25, 0.3) is 0 Å². The standard InChI is InChI=1S/C64H44N4/c1-3-16-42(17-4-1)45-22-13-25-50(36-45)64-65-63(67(64)52-26-14-23-46(37-52)43-18-5-2-6-19-43)44-32-34-51(35-33-44)66-58-29-11-9-28-54(58)57-41-55-49(40-61(57)66)24-15-31-60(55)68-59-30-12-10-27-53(59)56-38-47-20-7-8-21-48(47)39-62(56)68/h1-41,63-65H. The molecule has 2 aromatic heterocycles. The molecule has 3 heterocycles. The molecule has 68 heavy (non-hydrogen) atoms. The van der Waals surface area contributed by atoms with Crippen molar-refractivity contribution in [3.8, 4) is 33.6 Å². The van der Waals surface area contributed by atoms with E-state index in [4.69, 9.17) is 0 Å². The molecule has 0 spiro atoms. The molecule has 4 heteroatoms. The first-order chi connectivity index (χ1) is 33.7. The van der Waals surface area contributed by atoms with Crippen molar-refractivity contribution >= 4 is 70.8 Å². The van der Waals surface area contributed by atoms with Crippen LogP contribution in [0.4, 0.5) is 5.69 Å². The van der Waals surface area contributed by atoms with Crippen LogP contribution in [0.5, 0.6) is 0 Å². The van der Waals surface area contributed by atoms with Crippen molar-refractivity contribution in [2.45, 2.75) is 12.3 Å². The number of fused-ring (bicyclic) bond motifs is 8. The summed E-state index contributed by atoms with van der Waals surface area (Å²) in [5, 5.41) is 13.9. The zero-order chi connectivity index (χ0) is 44.7.